The molecule has 0 bridgehead atoms. The van der Waals surface area contributed by atoms with E-state index >= 15 is 0 Å². The number of carbonyl (C=O) groups is 1. The van der Waals surface area contributed by atoms with Crippen LogP contribution >= 0.6 is 11.8 Å². The highest BCUT2D eigenvalue weighted by Gasteiger charge is 2.35. The molecule has 0 aliphatic carbocycles. The fraction of sp³-hybridized carbons (Fsp3) is 0.391. The van der Waals surface area contributed by atoms with Gasteiger partial charge in [-0.2, -0.15) is 5.10 Å². The maximum absolute atomic E-state index is 12.8. The maximum atomic E-state index is 12.8. The van der Waals surface area contributed by atoms with Gasteiger partial charge in [0.2, 0.25) is 5.91 Å². The number of ether oxygens (including phenoxy) is 1. The molecule has 2 heterocycles. The van der Waals surface area contributed by atoms with E-state index in [-0.39, 0.29) is 17.9 Å². The predicted molar refractivity (Wildman–Crippen MR) is 119 cm³/mol. The van der Waals surface area contributed by atoms with Gasteiger partial charge in [-0.1, -0.05) is 11.6 Å². The van der Waals surface area contributed by atoms with Gasteiger partial charge in [0.15, 0.2) is 0 Å². The fourth-order valence-electron chi connectivity index (χ4n) is 3.86. The number of anilines is 1. The monoisotopic (exact) mass is 409 g/mol. The van der Waals surface area contributed by atoms with E-state index in [1.807, 2.05) is 50.1 Å². The van der Waals surface area contributed by atoms with Crippen LogP contribution in [0.2, 0.25) is 0 Å². The minimum Gasteiger partial charge on any atom is -0.489 e. The van der Waals surface area contributed by atoms with Gasteiger partial charge in [0.05, 0.1) is 11.4 Å². The van der Waals surface area contributed by atoms with Crippen LogP contribution in [0.15, 0.2) is 52.5 Å². The van der Waals surface area contributed by atoms with Gasteiger partial charge >= 0.3 is 0 Å². The lowest BCUT2D eigenvalue weighted by Crippen LogP contribution is -2.39. The summed E-state index contributed by atoms with van der Waals surface area (Å²) in [5, 5.41) is 6.36. The second-order valence-corrected chi connectivity index (χ2v) is 9.15. The molecule has 0 radical (unpaired) electrons. The van der Waals surface area contributed by atoms with Crippen LogP contribution in [0.1, 0.15) is 24.5 Å². The first-order valence-electron chi connectivity index (χ1n) is 9.97. The lowest BCUT2D eigenvalue weighted by Gasteiger charge is -2.33. The second-order valence-electron chi connectivity index (χ2n) is 8.09. The predicted octanol–water partition coefficient (Wildman–Crippen LogP) is 4.19. The third kappa shape index (κ3) is 4.33. The molecule has 2 atom stereocenters. The number of nitrogens with zero attached hydrogens (tertiary/aromatic N) is 3. The number of thioether (sulfide) groups is 1. The highest BCUT2D eigenvalue weighted by Crippen LogP contribution is 2.38. The summed E-state index contributed by atoms with van der Waals surface area (Å²) in [6.07, 6.45) is 0.588. The van der Waals surface area contributed by atoms with E-state index < -0.39 is 0 Å². The molecule has 4 rings (SSSR count). The third-order valence-corrected chi connectivity index (χ3v) is 6.38. The summed E-state index contributed by atoms with van der Waals surface area (Å²) in [5.74, 6) is 1.94. The van der Waals surface area contributed by atoms with E-state index in [2.05, 4.69) is 36.9 Å². The van der Waals surface area contributed by atoms with Crippen LogP contribution in [-0.2, 0) is 4.79 Å². The molecule has 152 valence electrons. The van der Waals surface area contributed by atoms with Crippen LogP contribution in [0.4, 0.5) is 5.69 Å². The van der Waals surface area contributed by atoms with E-state index in [0.29, 0.717) is 6.42 Å². The molecule has 5 nitrogen and oxygen atoms in total. The van der Waals surface area contributed by atoms with Crippen LogP contribution in [0.5, 0.6) is 5.75 Å². The Morgan fingerprint density at radius 3 is 2.72 bits per heavy atom. The largest absolute Gasteiger partial charge is 0.489 e. The number of carbonyl (C=O) groups excluding carboxylic acids is 1. The molecule has 0 N–H and O–H groups in total. The van der Waals surface area contributed by atoms with Crippen LogP contribution in [0, 0.1) is 12.8 Å². The molecule has 6 heteroatoms. The topological polar surface area (TPSA) is 45.1 Å². The van der Waals surface area contributed by atoms with Crippen molar-refractivity contribution >= 4 is 29.1 Å². The zero-order chi connectivity index (χ0) is 20.5. The Kier molecular flexibility index (Phi) is 5.65. The first-order valence-corrected chi connectivity index (χ1v) is 11.0. The number of rotatable bonds is 5. The minimum atomic E-state index is 0.0464. The fourth-order valence-corrected chi connectivity index (χ4v) is 5.00. The number of hydrogen-bond donors (Lipinski definition) is 0. The van der Waals surface area contributed by atoms with Crippen molar-refractivity contribution in [3.63, 3.8) is 0 Å². The van der Waals surface area contributed by atoms with Crippen molar-refractivity contribution < 1.29 is 9.53 Å². The van der Waals surface area contributed by atoms with E-state index in [4.69, 9.17) is 9.84 Å². The van der Waals surface area contributed by atoms with Crippen molar-refractivity contribution in [2.75, 3.05) is 31.4 Å². The molecule has 2 unspecified atom stereocenters. The van der Waals surface area contributed by atoms with Crippen LogP contribution < -0.4 is 9.75 Å². The van der Waals surface area contributed by atoms with Gasteiger partial charge in [0.25, 0.3) is 0 Å². The zero-order valence-electron chi connectivity index (χ0n) is 17.4. The van der Waals surface area contributed by atoms with E-state index in [0.717, 1.165) is 29.4 Å². The molecular formula is C23H27N3O2S. The Morgan fingerprint density at radius 1 is 1.24 bits per heavy atom. The molecule has 2 aromatic rings. The van der Waals surface area contributed by atoms with Crippen molar-refractivity contribution in [2.24, 2.45) is 11.0 Å². The summed E-state index contributed by atoms with van der Waals surface area (Å²) in [6.45, 7) is 4.99. The molecule has 2 aromatic carbocycles. The smallest absolute Gasteiger partial charge is 0.248 e. The Balaban J connectivity index is 1.59. The SMILES string of the molecule is Cc1ccc2c(c1)C1=NN(c3ccc(OC(C)CN(C)C)cc3)C(=O)CC1CS2. The molecule has 0 spiro atoms. The molecule has 0 aromatic heterocycles. The van der Waals surface area contributed by atoms with Gasteiger partial charge in [0, 0.05) is 35.1 Å². The standard InChI is InChI=1S/C23H27N3O2S/c1-15-5-10-21-20(11-15)23-17(14-29-21)12-22(27)26(24-23)18-6-8-19(9-7-18)28-16(2)13-25(3)4/h5-11,16-17H,12-14H2,1-4H3. The summed E-state index contributed by atoms with van der Waals surface area (Å²) in [4.78, 5) is 16.1. The van der Waals surface area contributed by atoms with Crippen molar-refractivity contribution in [1.29, 1.82) is 0 Å². The molecule has 1 amide bonds. The number of aryl methyl sites for hydroxylation is 1. The molecule has 0 saturated heterocycles. The van der Waals surface area contributed by atoms with Gasteiger partial charge in [0.1, 0.15) is 11.9 Å². The Morgan fingerprint density at radius 2 is 2.00 bits per heavy atom. The molecule has 2 aliphatic rings. The summed E-state index contributed by atoms with van der Waals surface area (Å²) in [6, 6.07) is 14.1. The summed E-state index contributed by atoms with van der Waals surface area (Å²) in [5.41, 5.74) is 4.19. The van der Waals surface area contributed by atoms with Gasteiger partial charge in [-0.05, 0) is 64.3 Å². The Bertz CT molecular complexity index is 940. The molecular weight excluding hydrogens is 382 g/mol. The van der Waals surface area contributed by atoms with E-state index in [1.54, 1.807) is 5.01 Å². The second kappa shape index (κ2) is 8.20. The van der Waals surface area contributed by atoms with E-state index in [1.165, 1.54) is 16.0 Å². The average Bonchev–Trinajstić information content (AvgIpc) is 2.67. The van der Waals surface area contributed by atoms with Crippen LogP contribution in [0.3, 0.4) is 0 Å². The number of benzene rings is 2. The number of hydrazone groups is 1. The summed E-state index contributed by atoms with van der Waals surface area (Å²) < 4.78 is 5.96. The maximum Gasteiger partial charge on any atom is 0.248 e. The number of fused-ring (bicyclic) bond motifs is 3. The molecule has 0 saturated carbocycles. The zero-order valence-corrected chi connectivity index (χ0v) is 18.2. The highest BCUT2D eigenvalue weighted by atomic mass is 32.2. The van der Waals surface area contributed by atoms with Crippen molar-refractivity contribution in [3.8, 4) is 5.75 Å². The van der Waals surface area contributed by atoms with Gasteiger partial charge in [-0.3, -0.25) is 4.79 Å². The Hall–Kier alpha value is -2.31. The molecule has 29 heavy (non-hydrogen) atoms. The third-order valence-electron chi connectivity index (χ3n) is 5.14. The number of hydrogen-bond acceptors (Lipinski definition) is 5. The average molecular weight is 410 g/mol. The quantitative estimate of drug-likeness (QED) is 0.743. The normalized spacial score (nSPS) is 19.5. The molecule has 0 fully saturated rings. The van der Waals surface area contributed by atoms with Crippen molar-refractivity contribution in [1.82, 2.24) is 4.90 Å². The first kappa shape index (κ1) is 20.0. The first-order chi connectivity index (χ1) is 13.9. The highest BCUT2D eigenvalue weighted by molar-refractivity contribution is 7.99. The van der Waals surface area contributed by atoms with E-state index in [9.17, 15) is 4.79 Å². The molecule has 2 aliphatic heterocycles. The number of amides is 1. The van der Waals surface area contributed by atoms with Gasteiger partial charge < -0.3 is 9.64 Å². The van der Waals surface area contributed by atoms with Crippen molar-refractivity contribution in [3.05, 3.63) is 53.6 Å². The van der Waals surface area contributed by atoms with Gasteiger partial charge in [-0.25, -0.2) is 5.01 Å². The summed E-state index contributed by atoms with van der Waals surface area (Å²) in [7, 11) is 4.06. The summed E-state index contributed by atoms with van der Waals surface area (Å²) >= 11 is 1.82. The van der Waals surface area contributed by atoms with Crippen molar-refractivity contribution in [2.45, 2.75) is 31.3 Å². The lowest BCUT2D eigenvalue weighted by atomic mass is 9.92. The minimum absolute atomic E-state index is 0.0464. The van der Waals surface area contributed by atoms with Gasteiger partial charge in [-0.15, -0.1) is 11.8 Å². The lowest BCUT2D eigenvalue weighted by molar-refractivity contribution is -0.119. The van der Waals surface area contributed by atoms with Crippen LogP contribution in [0.25, 0.3) is 0 Å². The van der Waals surface area contributed by atoms with Crippen LogP contribution in [-0.4, -0.2) is 49.0 Å². The number of likely N-dealkylation sites (N-methyl/N-ethyl adjacent to an activating group) is 1. The Labute approximate surface area is 176 Å².